The van der Waals surface area contributed by atoms with E-state index in [4.69, 9.17) is 20.3 Å². The number of nitrogens with zero attached hydrogens (tertiary/aromatic N) is 2. The lowest BCUT2D eigenvalue weighted by molar-refractivity contribution is 0.1000. The molecule has 0 fully saturated rings. The molecule has 0 aromatic carbocycles. The highest BCUT2D eigenvalue weighted by molar-refractivity contribution is 7.98. The van der Waals surface area contributed by atoms with Crippen molar-refractivity contribution in [3.8, 4) is 5.88 Å². The van der Waals surface area contributed by atoms with Gasteiger partial charge in [0, 0.05) is 37.1 Å². The maximum Gasteiger partial charge on any atom is 0.404 e. The number of hydrogen-bond donors (Lipinski definition) is 5. The van der Waals surface area contributed by atoms with Gasteiger partial charge < -0.3 is 36.3 Å². The van der Waals surface area contributed by atoms with Crippen molar-refractivity contribution in [1.29, 1.82) is 0 Å². The molecular formula is C21H29FN6O5S. The van der Waals surface area contributed by atoms with Crippen LogP contribution in [0.4, 0.5) is 26.5 Å². The molecule has 0 spiro atoms. The molecule has 0 aliphatic heterocycles. The average Bonchev–Trinajstić information content (AvgIpc) is 2.78. The Morgan fingerprint density at radius 3 is 2.71 bits per heavy atom. The molecule has 2 amide bonds. The van der Waals surface area contributed by atoms with Gasteiger partial charge in [0.25, 0.3) is 5.91 Å². The number of rotatable bonds is 14. The quantitative estimate of drug-likeness (QED) is 0.246. The molecule has 186 valence electrons. The first kappa shape index (κ1) is 26.9. The van der Waals surface area contributed by atoms with Gasteiger partial charge in [0.05, 0.1) is 12.2 Å². The number of anilines is 3. The van der Waals surface area contributed by atoms with Gasteiger partial charge in [-0.25, -0.2) is 19.2 Å². The van der Waals surface area contributed by atoms with Crippen molar-refractivity contribution in [2.24, 2.45) is 5.73 Å². The van der Waals surface area contributed by atoms with Gasteiger partial charge in [0.1, 0.15) is 12.4 Å². The molecule has 0 bridgehead atoms. The number of nitrogens with one attached hydrogen (secondary N) is 3. The first-order valence-electron chi connectivity index (χ1n) is 10.3. The number of carboxylic acid groups (broad SMARTS) is 1. The first-order chi connectivity index (χ1) is 16.2. The van der Waals surface area contributed by atoms with E-state index in [1.807, 2.05) is 6.26 Å². The number of carbonyl (C=O) groups excluding carboxylic acids is 1. The third-order valence-electron chi connectivity index (χ3n) is 4.69. The summed E-state index contributed by atoms with van der Waals surface area (Å²) < 4.78 is 25.2. The normalized spacial score (nSPS) is 12.5. The summed E-state index contributed by atoms with van der Waals surface area (Å²) >= 11 is 1.57. The predicted molar refractivity (Wildman–Crippen MR) is 129 cm³/mol. The Bertz CT molecular complexity index is 983. The van der Waals surface area contributed by atoms with Crippen LogP contribution in [0.3, 0.4) is 0 Å². The number of aromatic nitrogens is 2. The fourth-order valence-electron chi connectivity index (χ4n) is 2.97. The van der Waals surface area contributed by atoms with Gasteiger partial charge in [-0.3, -0.25) is 4.79 Å². The van der Waals surface area contributed by atoms with E-state index in [2.05, 4.69) is 25.9 Å². The number of ether oxygens (including phenoxy) is 2. The van der Waals surface area contributed by atoms with E-state index >= 15 is 0 Å². The predicted octanol–water partition coefficient (Wildman–Crippen LogP) is 2.67. The Morgan fingerprint density at radius 2 is 2.06 bits per heavy atom. The van der Waals surface area contributed by atoms with Crippen molar-refractivity contribution < 1.29 is 28.6 Å². The molecule has 6 N–H and O–H groups in total. The largest absolute Gasteiger partial charge is 0.475 e. The van der Waals surface area contributed by atoms with E-state index in [-0.39, 0.29) is 17.2 Å². The molecule has 34 heavy (non-hydrogen) atoms. The lowest BCUT2D eigenvalue weighted by Crippen LogP contribution is -2.45. The standard InChI is InChI=1S/C21H29FN6O5S/c1-12(25-21(30)31)16(5-9-34-3)27-20-15(22)11-14(18(23)29)19(28-20)26-13-4-6-24-17(10-13)33-8-7-32-2/h4,6,10-12,16,25H,5,7-9H2,1-3H3,(H2,23,29)(H,30,31)(H2,24,26,27,28)/t12-,16+/m0/s1. The number of nitrogens with two attached hydrogens (primary N) is 1. The summed E-state index contributed by atoms with van der Waals surface area (Å²) in [6.45, 7) is 2.35. The smallest absolute Gasteiger partial charge is 0.404 e. The van der Waals surface area contributed by atoms with Crippen molar-refractivity contribution in [1.82, 2.24) is 15.3 Å². The van der Waals surface area contributed by atoms with Gasteiger partial charge in [0.15, 0.2) is 11.6 Å². The van der Waals surface area contributed by atoms with Crippen molar-refractivity contribution in [2.45, 2.75) is 25.4 Å². The molecular weight excluding hydrogens is 467 g/mol. The van der Waals surface area contributed by atoms with E-state index in [1.165, 1.54) is 6.20 Å². The fraction of sp³-hybridized carbons (Fsp3) is 0.429. The maximum absolute atomic E-state index is 14.8. The lowest BCUT2D eigenvalue weighted by Gasteiger charge is -2.26. The van der Waals surface area contributed by atoms with E-state index in [0.717, 1.165) is 6.07 Å². The average molecular weight is 497 g/mol. The Labute approximate surface area is 201 Å². The second-order valence-corrected chi connectivity index (χ2v) is 8.18. The van der Waals surface area contributed by atoms with Crippen molar-refractivity contribution >= 4 is 41.1 Å². The number of primary amides is 1. The fourth-order valence-corrected chi connectivity index (χ4v) is 3.46. The number of carbonyl (C=O) groups is 2. The van der Waals surface area contributed by atoms with Crippen LogP contribution in [0.5, 0.6) is 5.88 Å². The molecule has 2 aromatic rings. The lowest BCUT2D eigenvalue weighted by atomic mass is 10.1. The Kier molecular flexibility index (Phi) is 10.6. The third-order valence-corrected chi connectivity index (χ3v) is 5.33. The number of amides is 2. The number of hydrogen-bond acceptors (Lipinski definition) is 9. The van der Waals surface area contributed by atoms with Crippen LogP contribution in [0.15, 0.2) is 24.4 Å². The molecule has 0 radical (unpaired) electrons. The van der Waals surface area contributed by atoms with Crippen LogP contribution in [0.25, 0.3) is 0 Å². The van der Waals surface area contributed by atoms with Crippen LogP contribution in [0, 0.1) is 5.82 Å². The Hall–Kier alpha value is -3.32. The summed E-state index contributed by atoms with van der Waals surface area (Å²) in [6.07, 6.45) is 2.76. The van der Waals surface area contributed by atoms with E-state index in [0.29, 0.717) is 37.0 Å². The zero-order valence-corrected chi connectivity index (χ0v) is 19.9. The number of halogens is 1. The molecule has 0 saturated carbocycles. The van der Waals surface area contributed by atoms with Crippen molar-refractivity contribution in [2.75, 3.05) is 43.0 Å². The number of thioether (sulfide) groups is 1. The highest BCUT2D eigenvalue weighted by Gasteiger charge is 2.23. The van der Waals surface area contributed by atoms with Crippen molar-refractivity contribution in [3.63, 3.8) is 0 Å². The molecule has 0 aliphatic rings. The van der Waals surface area contributed by atoms with Gasteiger partial charge >= 0.3 is 6.09 Å². The Morgan fingerprint density at radius 1 is 1.29 bits per heavy atom. The second kappa shape index (κ2) is 13.4. The number of methoxy groups -OCH3 is 1. The second-order valence-electron chi connectivity index (χ2n) is 7.20. The van der Waals surface area contributed by atoms with Crippen molar-refractivity contribution in [3.05, 3.63) is 35.8 Å². The SMILES string of the molecule is COCCOc1cc(Nc2nc(N[C@H](CCSC)[C@H](C)NC(=O)O)c(F)cc2C(N)=O)ccn1. The van der Waals surface area contributed by atoms with Crippen LogP contribution in [0.1, 0.15) is 23.7 Å². The van der Waals surface area contributed by atoms with Gasteiger partial charge in [-0.15, -0.1) is 0 Å². The summed E-state index contributed by atoms with van der Waals surface area (Å²) in [7, 11) is 1.55. The minimum Gasteiger partial charge on any atom is -0.475 e. The van der Waals surface area contributed by atoms with E-state index < -0.39 is 29.9 Å². The molecule has 2 heterocycles. The van der Waals surface area contributed by atoms with Crippen LogP contribution >= 0.6 is 11.8 Å². The minimum absolute atomic E-state index is 0.0212. The van der Waals surface area contributed by atoms with E-state index in [9.17, 15) is 14.0 Å². The van der Waals surface area contributed by atoms with Gasteiger partial charge in [-0.05, 0) is 37.5 Å². The summed E-state index contributed by atoms with van der Waals surface area (Å²) in [4.78, 5) is 31.3. The highest BCUT2D eigenvalue weighted by atomic mass is 32.2. The van der Waals surface area contributed by atoms with Gasteiger partial charge in [0.2, 0.25) is 5.88 Å². The van der Waals surface area contributed by atoms with Crippen LogP contribution in [-0.2, 0) is 4.74 Å². The summed E-state index contributed by atoms with van der Waals surface area (Å²) in [5.74, 6) is -0.775. The van der Waals surface area contributed by atoms with Gasteiger partial charge in [-0.2, -0.15) is 11.8 Å². The minimum atomic E-state index is -1.19. The monoisotopic (exact) mass is 496 g/mol. The van der Waals surface area contributed by atoms with Crippen LogP contribution < -0.4 is 26.4 Å². The zero-order chi connectivity index (χ0) is 25.1. The molecule has 0 saturated heterocycles. The van der Waals surface area contributed by atoms with Gasteiger partial charge in [-0.1, -0.05) is 0 Å². The van der Waals surface area contributed by atoms with Crippen LogP contribution in [-0.4, -0.2) is 71.5 Å². The molecule has 2 rings (SSSR count). The molecule has 11 nitrogen and oxygen atoms in total. The summed E-state index contributed by atoms with van der Waals surface area (Å²) in [5.41, 5.74) is 5.76. The Balaban J connectivity index is 2.33. The zero-order valence-electron chi connectivity index (χ0n) is 19.1. The summed E-state index contributed by atoms with van der Waals surface area (Å²) in [6, 6.07) is 3.19. The third kappa shape index (κ3) is 8.23. The molecule has 13 heteroatoms. The summed E-state index contributed by atoms with van der Waals surface area (Å²) in [5, 5.41) is 17.3. The highest BCUT2D eigenvalue weighted by Crippen LogP contribution is 2.26. The van der Waals surface area contributed by atoms with Crippen LogP contribution in [0.2, 0.25) is 0 Å². The first-order valence-corrected chi connectivity index (χ1v) is 11.7. The van der Waals surface area contributed by atoms with E-state index in [1.54, 1.807) is 37.9 Å². The number of pyridine rings is 2. The maximum atomic E-state index is 14.8. The topological polar surface area (TPSA) is 161 Å². The molecule has 2 atom stereocenters. The molecule has 2 aromatic heterocycles. The molecule has 0 aliphatic carbocycles. The molecule has 0 unspecified atom stereocenters.